The van der Waals surface area contributed by atoms with Gasteiger partial charge in [-0.05, 0) is 41.0 Å². The van der Waals surface area contributed by atoms with Crippen LogP contribution in [-0.2, 0) is 14.3 Å². The van der Waals surface area contributed by atoms with Gasteiger partial charge in [-0.3, -0.25) is 9.59 Å². The van der Waals surface area contributed by atoms with E-state index in [0.29, 0.717) is 13.0 Å². The van der Waals surface area contributed by atoms with Gasteiger partial charge >= 0.3 is 12.1 Å². The molecule has 3 rings (SSSR count). The third-order valence-corrected chi connectivity index (χ3v) is 6.04. The van der Waals surface area contributed by atoms with E-state index in [1.54, 1.807) is 6.92 Å². The second-order valence-electron chi connectivity index (χ2n) is 9.85. The third-order valence-electron chi connectivity index (χ3n) is 6.04. The van der Waals surface area contributed by atoms with E-state index in [1.807, 2.05) is 45.0 Å². The average molecular weight is 467 g/mol. The van der Waals surface area contributed by atoms with Crippen LogP contribution in [0.15, 0.2) is 48.5 Å². The van der Waals surface area contributed by atoms with Gasteiger partial charge in [0.15, 0.2) is 0 Å². The highest BCUT2D eigenvalue weighted by Gasteiger charge is 2.32. The number of nitrogens with zero attached hydrogens (tertiary/aromatic N) is 1. The fourth-order valence-corrected chi connectivity index (χ4v) is 4.47. The molecule has 2 N–H and O–H groups in total. The zero-order valence-electron chi connectivity index (χ0n) is 20.3. The van der Waals surface area contributed by atoms with Crippen LogP contribution in [0.3, 0.4) is 0 Å². The van der Waals surface area contributed by atoms with Crippen molar-refractivity contribution >= 4 is 18.0 Å². The number of rotatable bonds is 9. The summed E-state index contributed by atoms with van der Waals surface area (Å²) in [6.45, 7) is 8.37. The van der Waals surface area contributed by atoms with E-state index in [9.17, 15) is 14.4 Å². The highest BCUT2D eigenvalue weighted by Crippen LogP contribution is 2.44. The summed E-state index contributed by atoms with van der Waals surface area (Å²) in [5, 5.41) is 11.7. The fourth-order valence-electron chi connectivity index (χ4n) is 4.47. The Morgan fingerprint density at radius 2 is 1.59 bits per heavy atom. The second kappa shape index (κ2) is 10.7. The number of amides is 2. The van der Waals surface area contributed by atoms with Crippen molar-refractivity contribution in [1.29, 1.82) is 0 Å². The number of ether oxygens (including phenoxy) is 1. The molecule has 2 aromatic rings. The van der Waals surface area contributed by atoms with Crippen molar-refractivity contribution in [2.75, 3.05) is 19.7 Å². The molecule has 0 aliphatic heterocycles. The number of nitrogens with one attached hydrogen (secondary N) is 1. The van der Waals surface area contributed by atoms with Crippen molar-refractivity contribution in [2.24, 2.45) is 5.41 Å². The Balaban J connectivity index is 1.70. The molecule has 0 fully saturated rings. The minimum absolute atomic E-state index is 0.0716. The lowest BCUT2D eigenvalue weighted by Crippen LogP contribution is -2.50. The summed E-state index contributed by atoms with van der Waals surface area (Å²) in [5.74, 6) is -1.34. The molecule has 1 atom stereocenters. The number of carbonyl (C=O) groups is 3. The lowest BCUT2D eigenvalue weighted by atomic mass is 9.87. The van der Waals surface area contributed by atoms with Crippen molar-refractivity contribution in [3.8, 4) is 11.1 Å². The lowest BCUT2D eigenvalue weighted by molar-refractivity contribution is -0.139. The Labute approximate surface area is 201 Å². The average Bonchev–Trinajstić information content (AvgIpc) is 3.10. The van der Waals surface area contributed by atoms with Crippen LogP contribution in [0, 0.1) is 5.41 Å². The first-order valence-electron chi connectivity index (χ1n) is 11.7. The molecule has 1 unspecified atom stereocenters. The summed E-state index contributed by atoms with van der Waals surface area (Å²) in [5.41, 5.74) is 4.28. The van der Waals surface area contributed by atoms with E-state index in [0.717, 1.165) is 22.3 Å². The first-order chi connectivity index (χ1) is 16.1. The zero-order valence-corrected chi connectivity index (χ0v) is 20.3. The van der Waals surface area contributed by atoms with Crippen molar-refractivity contribution in [1.82, 2.24) is 10.2 Å². The maximum atomic E-state index is 13.2. The van der Waals surface area contributed by atoms with E-state index in [2.05, 4.69) is 29.6 Å². The van der Waals surface area contributed by atoms with Gasteiger partial charge in [-0.25, -0.2) is 4.79 Å². The molecule has 7 heteroatoms. The van der Waals surface area contributed by atoms with Gasteiger partial charge < -0.3 is 20.1 Å². The molecule has 182 valence electrons. The first kappa shape index (κ1) is 25.3. The van der Waals surface area contributed by atoms with Crippen LogP contribution in [0.1, 0.15) is 57.6 Å². The molecule has 0 radical (unpaired) electrons. The minimum Gasteiger partial charge on any atom is -0.481 e. The number of aliphatic carboxylic acids is 1. The predicted octanol–water partition coefficient (Wildman–Crippen LogP) is 4.65. The zero-order chi connectivity index (χ0) is 24.9. The molecule has 34 heavy (non-hydrogen) atoms. The van der Waals surface area contributed by atoms with Crippen LogP contribution in [0.25, 0.3) is 11.1 Å². The third kappa shape index (κ3) is 6.16. The smallest absolute Gasteiger partial charge is 0.407 e. The van der Waals surface area contributed by atoms with Crippen LogP contribution < -0.4 is 5.32 Å². The normalized spacial score (nSPS) is 13.5. The van der Waals surface area contributed by atoms with Gasteiger partial charge in [0.05, 0.1) is 6.42 Å². The Morgan fingerprint density at radius 1 is 1.03 bits per heavy atom. The highest BCUT2D eigenvalue weighted by molar-refractivity contribution is 5.86. The molecule has 0 spiro atoms. The van der Waals surface area contributed by atoms with Crippen molar-refractivity contribution in [3.63, 3.8) is 0 Å². The summed E-state index contributed by atoms with van der Waals surface area (Å²) in [4.78, 5) is 38.4. The minimum atomic E-state index is -0.969. The monoisotopic (exact) mass is 466 g/mol. The number of likely N-dealkylation sites (N-methyl/N-ethyl adjacent to an activating group) is 1. The van der Waals surface area contributed by atoms with Gasteiger partial charge in [-0.1, -0.05) is 69.3 Å². The van der Waals surface area contributed by atoms with Crippen LogP contribution in [0.4, 0.5) is 4.79 Å². The van der Waals surface area contributed by atoms with Crippen molar-refractivity contribution in [2.45, 2.75) is 52.5 Å². The number of benzene rings is 2. The molecule has 0 saturated heterocycles. The van der Waals surface area contributed by atoms with Gasteiger partial charge in [0, 0.05) is 19.0 Å². The number of fused-ring (bicyclic) bond motifs is 3. The van der Waals surface area contributed by atoms with Crippen LogP contribution in [-0.4, -0.2) is 53.7 Å². The van der Waals surface area contributed by atoms with E-state index >= 15 is 0 Å². The van der Waals surface area contributed by atoms with Crippen LogP contribution in [0.2, 0.25) is 0 Å². The van der Waals surface area contributed by atoms with Gasteiger partial charge in [-0.15, -0.1) is 0 Å². The van der Waals surface area contributed by atoms with E-state index in [-0.39, 0.29) is 36.8 Å². The molecule has 1 aliphatic carbocycles. The molecular weight excluding hydrogens is 432 g/mol. The van der Waals surface area contributed by atoms with Gasteiger partial charge in [0.2, 0.25) is 5.91 Å². The first-order valence-corrected chi connectivity index (χ1v) is 11.7. The Bertz CT molecular complexity index is 998. The Hall–Kier alpha value is -3.35. The maximum Gasteiger partial charge on any atom is 0.407 e. The van der Waals surface area contributed by atoms with Gasteiger partial charge in [0.25, 0.3) is 0 Å². The number of carbonyl (C=O) groups excluding carboxylic acids is 2. The van der Waals surface area contributed by atoms with E-state index in [4.69, 9.17) is 9.84 Å². The Morgan fingerprint density at radius 3 is 2.09 bits per heavy atom. The maximum absolute atomic E-state index is 13.2. The SMILES string of the molecule is CCN(CCC(=O)O)C(=O)C(CC(C)(C)C)NC(=O)OCC1c2ccccc2-c2ccccc21. The van der Waals surface area contributed by atoms with Gasteiger partial charge in [-0.2, -0.15) is 0 Å². The largest absolute Gasteiger partial charge is 0.481 e. The van der Waals surface area contributed by atoms with E-state index < -0.39 is 18.1 Å². The summed E-state index contributed by atoms with van der Waals surface area (Å²) in [6.07, 6.45) is -0.398. The van der Waals surface area contributed by atoms with Crippen molar-refractivity contribution in [3.05, 3.63) is 59.7 Å². The summed E-state index contributed by atoms with van der Waals surface area (Å²) in [6, 6.07) is 15.4. The molecule has 1 aliphatic rings. The summed E-state index contributed by atoms with van der Waals surface area (Å²) in [7, 11) is 0. The summed E-state index contributed by atoms with van der Waals surface area (Å²) >= 11 is 0. The highest BCUT2D eigenvalue weighted by atomic mass is 16.5. The van der Waals surface area contributed by atoms with Gasteiger partial charge in [0.1, 0.15) is 12.6 Å². The number of carboxylic acids is 1. The second-order valence-corrected chi connectivity index (χ2v) is 9.85. The predicted molar refractivity (Wildman–Crippen MR) is 131 cm³/mol. The molecule has 0 heterocycles. The van der Waals surface area contributed by atoms with Crippen molar-refractivity contribution < 1.29 is 24.2 Å². The topological polar surface area (TPSA) is 95.9 Å². The summed E-state index contributed by atoms with van der Waals surface area (Å²) < 4.78 is 5.63. The number of alkyl carbamates (subject to hydrolysis) is 1. The lowest BCUT2D eigenvalue weighted by Gasteiger charge is -2.30. The van der Waals surface area contributed by atoms with E-state index in [1.165, 1.54) is 4.90 Å². The molecular formula is C27H34N2O5. The molecule has 2 aromatic carbocycles. The fraction of sp³-hybridized carbons (Fsp3) is 0.444. The Kier molecular flexibility index (Phi) is 7.97. The number of carboxylic acid groups (broad SMARTS) is 1. The number of hydrogen-bond donors (Lipinski definition) is 2. The van der Waals surface area contributed by atoms with Crippen LogP contribution >= 0.6 is 0 Å². The molecule has 0 bridgehead atoms. The number of hydrogen-bond acceptors (Lipinski definition) is 4. The van der Waals surface area contributed by atoms with Crippen LogP contribution in [0.5, 0.6) is 0 Å². The standard InChI is InChI=1S/C27H34N2O5/c1-5-29(15-14-24(30)31)25(32)23(16-27(2,3)4)28-26(33)34-17-22-20-12-8-6-10-18(20)19-11-7-9-13-21(19)22/h6-13,22-23H,5,14-17H2,1-4H3,(H,28,33)(H,30,31). The molecule has 0 aromatic heterocycles. The molecule has 0 saturated carbocycles. The quantitative estimate of drug-likeness (QED) is 0.561. The molecule has 7 nitrogen and oxygen atoms in total. The molecule has 2 amide bonds.